The van der Waals surface area contributed by atoms with Gasteiger partial charge in [-0.05, 0) is 67.3 Å². The molecule has 0 spiro atoms. The Labute approximate surface area is 118 Å². The molecule has 0 bridgehead atoms. The minimum Gasteiger partial charge on any atom is -0.453 e. The van der Waals surface area contributed by atoms with Crippen molar-refractivity contribution >= 4 is 15.9 Å². The maximum atomic E-state index is 5.69. The molecule has 0 aliphatic carbocycles. The lowest BCUT2D eigenvalue weighted by molar-refractivity contribution is 0.171. The van der Waals surface area contributed by atoms with Gasteiger partial charge in [-0.1, -0.05) is 6.92 Å². The van der Waals surface area contributed by atoms with Crippen LogP contribution >= 0.6 is 15.9 Å². The third kappa shape index (κ3) is 3.59. The number of nitrogens with zero attached hydrogens (tertiary/aromatic N) is 1. The predicted octanol–water partition coefficient (Wildman–Crippen LogP) is 3.57. The van der Waals surface area contributed by atoms with Gasteiger partial charge in [0, 0.05) is 12.6 Å². The minimum atomic E-state index is 0.346. The van der Waals surface area contributed by atoms with Gasteiger partial charge in [0.2, 0.25) is 0 Å². The Bertz CT molecular complexity index is 360. The van der Waals surface area contributed by atoms with Crippen LogP contribution in [0.2, 0.25) is 0 Å². The molecule has 1 fully saturated rings. The van der Waals surface area contributed by atoms with Crippen LogP contribution < -0.4 is 5.32 Å². The fraction of sp³-hybridized carbons (Fsp3) is 0.714. The van der Waals surface area contributed by atoms with Gasteiger partial charge in [-0.2, -0.15) is 0 Å². The summed E-state index contributed by atoms with van der Waals surface area (Å²) < 4.78 is 6.51. The summed E-state index contributed by atoms with van der Waals surface area (Å²) in [6, 6.07) is 5.04. The Kier molecular flexibility index (Phi) is 5.27. The van der Waals surface area contributed by atoms with E-state index >= 15 is 0 Å². The molecule has 102 valence electrons. The Morgan fingerprint density at radius 3 is 2.94 bits per heavy atom. The van der Waals surface area contributed by atoms with Crippen LogP contribution in [0.1, 0.15) is 44.9 Å². The van der Waals surface area contributed by atoms with Crippen molar-refractivity contribution in [2.75, 3.05) is 19.6 Å². The summed E-state index contributed by atoms with van der Waals surface area (Å²) in [5, 5.41) is 3.58. The summed E-state index contributed by atoms with van der Waals surface area (Å²) in [7, 11) is 0. The molecule has 2 heterocycles. The van der Waals surface area contributed by atoms with Crippen molar-refractivity contribution in [1.82, 2.24) is 10.2 Å². The van der Waals surface area contributed by atoms with Crippen molar-refractivity contribution in [2.45, 2.75) is 45.2 Å². The van der Waals surface area contributed by atoms with E-state index in [4.69, 9.17) is 4.42 Å². The van der Waals surface area contributed by atoms with E-state index in [2.05, 4.69) is 46.1 Å². The molecule has 0 radical (unpaired) electrons. The van der Waals surface area contributed by atoms with Gasteiger partial charge in [0.1, 0.15) is 5.76 Å². The first-order valence-corrected chi connectivity index (χ1v) is 7.72. The van der Waals surface area contributed by atoms with Crippen molar-refractivity contribution in [1.29, 1.82) is 0 Å². The van der Waals surface area contributed by atoms with Gasteiger partial charge >= 0.3 is 0 Å². The van der Waals surface area contributed by atoms with Crippen LogP contribution in [0.5, 0.6) is 0 Å². The molecule has 0 saturated carbocycles. The molecule has 1 aromatic heterocycles. The maximum absolute atomic E-state index is 5.69. The largest absolute Gasteiger partial charge is 0.453 e. The summed E-state index contributed by atoms with van der Waals surface area (Å²) in [6.07, 6.45) is 3.79. The highest BCUT2D eigenvalue weighted by Crippen LogP contribution is 2.25. The second-order valence-electron chi connectivity index (χ2n) is 5.11. The van der Waals surface area contributed by atoms with Gasteiger partial charge < -0.3 is 9.73 Å². The first kappa shape index (κ1) is 14.1. The van der Waals surface area contributed by atoms with E-state index in [-0.39, 0.29) is 0 Å². The first-order chi connectivity index (χ1) is 8.70. The topological polar surface area (TPSA) is 28.4 Å². The van der Waals surface area contributed by atoms with Crippen LogP contribution in [-0.2, 0) is 0 Å². The molecule has 1 aliphatic rings. The lowest BCUT2D eigenvalue weighted by Gasteiger charge is -2.30. The summed E-state index contributed by atoms with van der Waals surface area (Å²) >= 11 is 3.38. The third-order valence-corrected chi connectivity index (χ3v) is 4.11. The highest BCUT2D eigenvalue weighted by molar-refractivity contribution is 9.10. The van der Waals surface area contributed by atoms with Crippen molar-refractivity contribution in [2.24, 2.45) is 0 Å². The SMILES string of the molecule is CCCN(CC1CCCN1)C(C)c1ccc(Br)o1. The Balaban J connectivity index is 1.98. The third-order valence-electron chi connectivity index (χ3n) is 3.68. The highest BCUT2D eigenvalue weighted by atomic mass is 79.9. The molecule has 1 N–H and O–H groups in total. The Morgan fingerprint density at radius 2 is 2.39 bits per heavy atom. The van der Waals surface area contributed by atoms with E-state index in [1.807, 2.05) is 6.07 Å². The smallest absolute Gasteiger partial charge is 0.169 e. The van der Waals surface area contributed by atoms with Gasteiger partial charge in [0.25, 0.3) is 0 Å². The second kappa shape index (κ2) is 6.73. The standard InChI is InChI=1S/C14H23BrN2O/c1-3-9-17(10-12-5-4-8-16-12)11(2)13-6-7-14(15)18-13/h6-7,11-12,16H,3-5,8-10H2,1-2H3. The number of hydrogen-bond acceptors (Lipinski definition) is 3. The van der Waals surface area contributed by atoms with E-state index in [9.17, 15) is 0 Å². The van der Waals surface area contributed by atoms with Crippen molar-refractivity contribution < 1.29 is 4.42 Å². The molecule has 0 amide bonds. The minimum absolute atomic E-state index is 0.346. The monoisotopic (exact) mass is 314 g/mol. The van der Waals surface area contributed by atoms with Crippen LogP contribution in [0.15, 0.2) is 21.2 Å². The quantitative estimate of drug-likeness (QED) is 0.870. The summed E-state index contributed by atoms with van der Waals surface area (Å²) in [6.45, 7) is 7.88. The number of halogens is 1. The van der Waals surface area contributed by atoms with E-state index in [1.54, 1.807) is 0 Å². The number of nitrogens with one attached hydrogen (secondary N) is 1. The summed E-state index contributed by atoms with van der Waals surface area (Å²) in [5.74, 6) is 1.05. The second-order valence-corrected chi connectivity index (χ2v) is 5.89. The highest BCUT2D eigenvalue weighted by Gasteiger charge is 2.23. The van der Waals surface area contributed by atoms with Gasteiger partial charge in [0.05, 0.1) is 6.04 Å². The number of hydrogen-bond donors (Lipinski definition) is 1. The molecule has 1 saturated heterocycles. The van der Waals surface area contributed by atoms with Gasteiger partial charge in [-0.3, -0.25) is 4.90 Å². The zero-order valence-corrected chi connectivity index (χ0v) is 12.9. The van der Waals surface area contributed by atoms with Gasteiger partial charge in [-0.15, -0.1) is 0 Å². The number of furan rings is 1. The zero-order valence-electron chi connectivity index (χ0n) is 11.3. The predicted molar refractivity (Wildman–Crippen MR) is 77.7 cm³/mol. The van der Waals surface area contributed by atoms with E-state index in [0.717, 1.165) is 23.5 Å². The van der Waals surface area contributed by atoms with Gasteiger partial charge in [0.15, 0.2) is 4.67 Å². The molecule has 3 nitrogen and oxygen atoms in total. The average Bonchev–Trinajstić information content (AvgIpc) is 2.99. The summed E-state index contributed by atoms with van der Waals surface area (Å²) in [5.41, 5.74) is 0. The maximum Gasteiger partial charge on any atom is 0.169 e. The van der Waals surface area contributed by atoms with E-state index in [0.29, 0.717) is 12.1 Å². The molecular formula is C14H23BrN2O. The van der Waals surface area contributed by atoms with E-state index < -0.39 is 0 Å². The molecule has 1 aromatic rings. The molecule has 2 unspecified atom stereocenters. The van der Waals surface area contributed by atoms with Crippen molar-refractivity contribution in [3.05, 3.63) is 22.6 Å². The molecule has 18 heavy (non-hydrogen) atoms. The molecular weight excluding hydrogens is 292 g/mol. The molecule has 4 heteroatoms. The lowest BCUT2D eigenvalue weighted by atomic mass is 10.1. The summed E-state index contributed by atoms with van der Waals surface area (Å²) in [4.78, 5) is 2.52. The average molecular weight is 315 g/mol. The molecule has 2 rings (SSSR count). The van der Waals surface area contributed by atoms with Crippen LogP contribution in [0.3, 0.4) is 0 Å². The zero-order chi connectivity index (χ0) is 13.0. The van der Waals surface area contributed by atoms with Crippen molar-refractivity contribution in [3.8, 4) is 0 Å². The van der Waals surface area contributed by atoms with Crippen LogP contribution in [0.4, 0.5) is 0 Å². The Morgan fingerprint density at radius 1 is 1.56 bits per heavy atom. The lowest BCUT2D eigenvalue weighted by Crippen LogP contribution is -2.39. The normalized spacial score (nSPS) is 21.7. The van der Waals surface area contributed by atoms with Gasteiger partial charge in [-0.25, -0.2) is 0 Å². The number of rotatable bonds is 6. The fourth-order valence-electron chi connectivity index (χ4n) is 2.66. The molecule has 2 atom stereocenters. The van der Waals surface area contributed by atoms with Crippen LogP contribution in [-0.4, -0.2) is 30.6 Å². The Hall–Kier alpha value is -0.320. The van der Waals surface area contributed by atoms with Crippen LogP contribution in [0, 0.1) is 0 Å². The van der Waals surface area contributed by atoms with Crippen molar-refractivity contribution in [3.63, 3.8) is 0 Å². The fourth-order valence-corrected chi connectivity index (χ4v) is 2.98. The first-order valence-electron chi connectivity index (χ1n) is 6.93. The van der Waals surface area contributed by atoms with E-state index in [1.165, 1.54) is 25.8 Å². The molecule has 0 aromatic carbocycles. The van der Waals surface area contributed by atoms with Crippen LogP contribution in [0.25, 0.3) is 0 Å². The molecule has 1 aliphatic heterocycles.